The molecule has 0 amide bonds. The number of phenolic OH excluding ortho intramolecular Hbond substituents is 1. The molecule has 0 unspecified atom stereocenters. The largest absolute Gasteiger partial charge is 0.508 e. The highest BCUT2D eigenvalue weighted by molar-refractivity contribution is 7.80. The van der Waals surface area contributed by atoms with Crippen molar-refractivity contribution in [3.05, 3.63) is 60.2 Å². The van der Waals surface area contributed by atoms with E-state index in [0.717, 1.165) is 5.56 Å². The zero-order chi connectivity index (χ0) is 13.7. The lowest BCUT2D eigenvalue weighted by molar-refractivity contribution is -0.129. The van der Waals surface area contributed by atoms with E-state index in [4.69, 9.17) is 9.84 Å². The molecule has 0 fully saturated rings. The van der Waals surface area contributed by atoms with Gasteiger partial charge in [0.05, 0.1) is 0 Å². The zero-order valence-electron chi connectivity index (χ0n) is 9.98. The maximum atomic E-state index is 11.6. The summed E-state index contributed by atoms with van der Waals surface area (Å²) >= 11 is 4.19. The molecule has 0 aliphatic rings. The molecule has 4 heteroatoms. The number of para-hydroxylation sites is 1. The summed E-state index contributed by atoms with van der Waals surface area (Å²) < 4.78 is 5.14. The van der Waals surface area contributed by atoms with Gasteiger partial charge in [-0.3, -0.25) is 0 Å². The van der Waals surface area contributed by atoms with Crippen LogP contribution in [0.5, 0.6) is 11.5 Å². The smallest absolute Gasteiger partial charge is 0.336 e. The Hall–Kier alpha value is -2.20. The highest BCUT2D eigenvalue weighted by Gasteiger charge is 2.03. The molecule has 2 rings (SSSR count). The third kappa shape index (κ3) is 3.89. The Bertz CT molecular complexity index is 603. The van der Waals surface area contributed by atoms with Crippen molar-refractivity contribution in [2.24, 2.45) is 0 Å². The Morgan fingerprint density at radius 2 is 1.79 bits per heavy atom. The first-order valence-electron chi connectivity index (χ1n) is 5.62. The molecule has 0 aliphatic carbocycles. The molecule has 96 valence electrons. The van der Waals surface area contributed by atoms with Gasteiger partial charge in [0.2, 0.25) is 0 Å². The van der Waals surface area contributed by atoms with E-state index in [2.05, 4.69) is 12.6 Å². The second kappa shape index (κ2) is 6.11. The van der Waals surface area contributed by atoms with Gasteiger partial charge in [0, 0.05) is 11.0 Å². The maximum absolute atomic E-state index is 11.6. The van der Waals surface area contributed by atoms with Crippen LogP contribution in [0.1, 0.15) is 5.56 Å². The molecule has 0 radical (unpaired) electrons. The molecule has 0 aliphatic heterocycles. The van der Waals surface area contributed by atoms with Gasteiger partial charge in [0.15, 0.2) is 0 Å². The fraction of sp³-hybridized carbons (Fsp3) is 0. The summed E-state index contributed by atoms with van der Waals surface area (Å²) in [7, 11) is 0. The zero-order valence-corrected chi connectivity index (χ0v) is 10.9. The lowest BCUT2D eigenvalue weighted by Crippen LogP contribution is -2.04. The van der Waals surface area contributed by atoms with Crippen molar-refractivity contribution in [3.63, 3.8) is 0 Å². The molecule has 19 heavy (non-hydrogen) atoms. The van der Waals surface area contributed by atoms with E-state index in [1.54, 1.807) is 48.5 Å². The van der Waals surface area contributed by atoms with Gasteiger partial charge in [-0.25, -0.2) is 4.79 Å². The molecule has 0 saturated carbocycles. The summed E-state index contributed by atoms with van der Waals surface area (Å²) in [5.74, 6) is 0.129. The molecule has 3 nitrogen and oxygen atoms in total. The molecule has 0 bridgehead atoms. The normalized spacial score (nSPS) is 10.6. The van der Waals surface area contributed by atoms with Crippen molar-refractivity contribution in [2.75, 3.05) is 0 Å². The number of benzene rings is 2. The van der Waals surface area contributed by atoms with Gasteiger partial charge in [-0.1, -0.05) is 24.3 Å². The van der Waals surface area contributed by atoms with Crippen LogP contribution in [-0.2, 0) is 4.79 Å². The van der Waals surface area contributed by atoms with E-state index in [1.165, 1.54) is 6.08 Å². The molecule has 0 spiro atoms. The predicted molar refractivity (Wildman–Crippen MR) is 76.5 cm³/mol. The number of rotatable bonds is 3. The van der Waals surface area contributed by atoms with Gasteiger partial charge in [-0.15, -0.1) is 12.6 Å². The fourth-order valence-electron chi connectivity index (χ4n) is 1.44. The number of carbonyl (C=O) groups excluding carboxylic acids is 1. The molecule has 2 aromatic carbocycles. The SMILES string of the molecule is O=C(C=Cc1ccc(O)cc1)Oc1ccccc1S. The van der Waals surface area contributed by atoms with Crippen LogP contribution in [0.4, 0.5) is 0 Å². The number of hydrogen-bond acceptors (Lipinski definition) is 4. The molecular formula is C15H12O3S. The number of esters is 1. The van der Waals surface area contributed by atoms with E-state index in [9.17, 15) is 4.79 Å². The summed E-state index contributed by atoms with van der Waals surface area (Å²) in [5.41, 5.74) is 0.800. The van der Waals surface area contributed by atoms with Crippen LogP contribution in [0.15, 0.2) is 59.5 Å². The second-order valence-corrected chi connectivity index (χ2v) is 4.30. The van der Waals surface area contributed by atoms with Crippen molar-refractivity contribution >= 4 is 24.7 Å². The van der Waals surface area contributed by atoms with Crippen molar-refractivity contribution in [1.82, 2.24) is 0 Å². The Labute approximate surface area is 116 Å². The molecule has 2 aromatic rings. The molecule has 1 N–H and O–H groups in total. The summed E-state index contributed by atoms with van der Waals surface area (Å²) in [6.45, 7) is 0. The minimum Gasteiger partial charge on any atom is -0.508 e. The monoisotopic (exact) mass is 272 g/mol. The first kappa shape index (κ1) is 13.2. The summed E-state index contributed by atoms with van der Waals surface area (Å²) in [6.07, 6.45) is 2.94. The summed E-state index contributed by atoms with van der Waals surface area (Å²) in [5, 5.41) is 9.14. The first-order valence-corrected chi connectivity index (χ1v) is 6.07. The van der Waals surface area contributed by atoms with Crippen LogP contribution in [0.2, 0.25) is 0 Å². The topological polar surface area (TPSA) is 46.5 Å². The Morgan fingerprint density at radius 3 is 2.47 bits per heavy atom. The van der Waals surface area contributed by atoms with E-state index >= 15 is 0 Å². The molecule has 0 atom stereocenters. The number of hydrogen-bond donors (Lipinski definition) is 2. The average Bonchev–Trinajstić information content (AvgIpc) is 2.41. The number of carbonyl (C=O) groups is 1. The third-order valence-electron chi connectivity index (χ3n) is 2.38. The quantitative estimate of drug-likeness (QED) is 0.390. The molecule has 0 heterocycles. The lowest BCUT2D eigenvalue weighted by Gasteiger charge is -2.03. The standard InChI is InChI=1S/C15H12O3S/c16-12-8-5-11(6-9-12)7-10-15(17)18-13-3-1-2-4-14(13)19/h1-10,16,19H. The van der Waals surface area contributed by atoms with Gasteiger partial charge in [-0.2, -0.15) is 0 Å². The van der Waals surface area contributed by atoms with Gasteiger partial charge in [-0.05, 0) is 35.9 Å². The van der Waals surface area contributed by atoms with Crippen molar-refractivity contribution in [1.29, 1.82) is 0 Å². The van der Waals surface area contributed by atoms with E-state index in [1.807, 2.05) is 6.07 Å². The average molecular weight is 272 g/mol. The van der Waals surface area contributed by atoms with E-state index < -0.39 is 5.97 Å². The second-order valence-electron chi connectivity index (χ2n) is 3.81. The van der Waals surface area contributed by atoms with Crippen molar-refractivity contribution in [2.45, 2.75) is 4.90 Å². The van der Waals surface area contributed by atoms with Crippen molar-refractivity contribution < 1.29 is 14.6 Å². The minimum atomic E-state index is -0.477. The van der Waals surface area contributed by atoms with Gasteiger partial charge in [0.25, 0.3) is 0 Å². The molecule has 0 saturated heterocycles. The highest BCUT2D eigenvalue weighted by Crippen LogP contribution is 2.21. The number of ether oxygens (including phenoxy) is 1. The highest BCUT2D eigenvalue weighted by atomic mass is 32.1. The van der Waals surface area contributed by atoms with Gasteiger partial charge < -0.3 is 9.84 Å². The third-order valence-corrected chi connectivity index (χ3v) is 2.75. The molecular weight excluding hydrogens is 260 g/mol. The van der Waals surface area contributed by atoms with Crippen LogP contribution < -0.4 is 4.74 Å². The summed E-state index contributed by atoms with van der Waals surface area (Å²) in [4.78, 5) is 12.2. The summed E-state index contributed by atoms with van der Waals surface area (Å²) in [6, 6.07) is 13.5. The lowest BCUT2D eigenvalue weighted by atomic mass is 10.2. The number of thiol groups is 1. The number of phenols is 1. The Kier molecular flexibility index (Phi) is 4.26. The van der Waals surface area contributed by atoms with E-state index in [-0.39, 0.29) is 5.75 Å². The van der Waals surface area contributed by atoms with Crippen LogP contribution >= 0.6 is 12.6 Å². The maximum Gasteiger partial charge on any atom is 0.336 e. The predicted octanol–water partition coefficient (Wildman–Crippen LogP) is 3.30. The number of aromatic hydroxyl groups is 1. The fourth-order valence-corrected chi connectivity index (χ4v) is 1.64. The van der Waals surface area contributed by atoms with Crippen LogP contribution in [0.25, 0.3) is 6.08 Å². The van der Waals surface area contributed by atoms with E-state index in [0.29, 0.717) is 10.6 Å². The Balaban J connectivity index is 2.02. The van der Waals surface area contributed by atoms with Gasteiger partial charge >= 0.3 is 5.97 Å². The van der Waals surface area contributed by atoms with Crippen LogP contribution in [-0.4, -0.2) is 11.1 Å². The van der Waals surface area contributed by atoms with Gasteiger partial charge in [0.1, 0.15) is 11.5 Å². The Morgan fingerprint density at radius 1 is 1.11 bits per heavy atom. The van der Waals surface area contributed by atoms with Crippen LogP contribution in [0, 0.1) is 0 Å². The van der Waals surface area contributed by atoms with Crippen LogP contribution in [0.3, 0.4) is 0 Å². The van der Waals surface area contributed by atoms with Crippen molar-refractivity contribution in [3.8, 4) is 11.5 Å². The first-order chi connectivity index (χ1) is 9.15. The minimum absolute atomic E-state index is 0.184. The molecule has 0 aromatic heterocycles.